The minimum absolute atomic E-state index is 0.00199. The maximum atomic E-state index is 14.4. The van der Waals surface area contributed by atoms with Crippen LogP contribution in [0.5, 0.6) is 0 Å². The lowest BCUT2D eigenvalue weighted by Gasteiger charge is -2.38. The van der Waals surface area contributed by atoms with E-state index < -0.39 is 18.0 Å². The third kappa shape index (κ3) is 6.90. The van der Waals surface area contributed by atoms with E-state index in [1.54, 1.807) is 33.9 Å². The van der Waals surface area contributed by atoms with E-state index in [0.717, 1.165) is 70.4 Å². The molecule has 5 fully saturated rings. The van der Waals surface area contributed by atoms with Crippen molar-refractivity contribution in [1.29, 1.82) is 0 Å². The fraction of sp³-hybridized carbons (Fsp3) is 0.550. The summed E-state index contributed by atoms with van der Waals surface area (Å²) in [5.41, 5.74) is 3.65. The molecule has 18 heteroatoms. The number of piperidine rings is 3. The maximum absolute atomic E-state index is 14.4. The van der Waals surface area contributed by atoms with Crippen molar-refractivity contribution in [2.75, 3.05) is 61.0 Å². The molecule has 0 aliphatic carbocycles. The third-order valence-corrected chi connectivity index (χ3v) is 13.7. The largest absolute Gasteiger partial charge is 0.374 e. The smallest absolute Gasteiger partial charge is 0.284 e. The molecule has 6 aliphatic rings. The Bertz CT molecular complexity index is 2240. The highest BCUT2D eigenvalue weighted by Gasteiger charge is 2.43. The third-order valence-electron chi connectivity index (χ3n) is 13.1. The topological polar surface area (TPSA) is 145 Å². The Morgan fingerprint density at radius 3 is 2.62 bits per heavy atom. The van der Waals surface area contributed by atoms with Crippen molar-refractivity contribution < 1.29 is 27.9 Å². The van der Waals surface area contributed by atoms with Gasteiger partial charge in [-0.25, -0.2) is 18.3 Å². The van der Waals surface area contributed by atoms with Crippen LogP contribution in [0.3, 0.4) is 0 Å². The minimum Gasteiger partial charge on any atom is -0.374 e. The number of amides is 3. The summed E-state index contributed by atoms with van der Waals surface area (Å²) >= 11 is 4.85. The number of ether oxygens (including phenoxy) is 1. The van der Waals surface area contributed by atoms with Crippen molar-refractivity contribution in [2.45, 2.75) is 87.5 Å². The molecule has 6 aliphatic heterocycles. The summed E-state index contributed by atoms with van der Waals surface area (Å²) in [5.74, 6) is 0.0433. The van der Waals surface area contributed by atoms with E-state index in [2.05, 4.69) is 63.6 Å². The van der Waals surface area contributed by atoms with Crippen LogP contribution in [0.2, 0.25) is 0 Å². The summed E-state index contributed by atoms with van der Waals surface area (Å²) in [6, 6.07) is 7.95. The van der Waals surface area contributed by atoms with Crippen molar-refractivity contribution in [3.8, 4) is 0 Å². The highest BCUT2D eigenvalue weighted by Crippen LogP contribution is 2.42. The van der Waals surface area contributed by atoms with Gasteiger partial charge >= 0.3 is 0 Å². The number of carbonyl (C=O) groups excluding carboxylic acids is 3. The SMILES string of the molecule is O=C1CCC(N2Cc3cc(N4CCC(CN5CCC(n6cc(NC(=O)c7c(N8C[C@H]9C[C@@H]8CO9)nn8cccnc78)c(C(F)F)n6)CC5)CC4)ccc3C2S)C(=O)N1. The lowest BCUT2D eigenvalue weighted by molar-refractivity contribution is -0.137. The van der Waals surface area contributed by atoms with Crippen molar-refractivity contribution in [3.63, 3.8) is 0 Å². The predicted molar refractivity (Wildman–Crippen MR) is 213 cm³/mol. The van der Waals surface area contributed by atoms with E-state index in [-0.39, 0.29) is 52.7 Å². The van der Waals surface area contributed by atoms with Crippen LogP contribution in [-0.2, 0) is 20.9 Å². The second-order valence-corrected chi connectivity index (χ2v) is 17.1. The van der Waals surface area contributed by atoms with Crippen molar-refractivity contribution in [3.05, 3.63) is 65.2 Å². The highest BCUT2D eigenvalue weighted by atomic mass is 32.1. The van der Waals surface area contributed by atoms with Crippen LogP contribution >= 0.6 is 12.6 Å². The zero-order valence-corrected chi connectivity index (χ0v) is 32.9. The Morgan fingerprint density at radius 1 is 1.05 bits per heavy atom. The van der Waals surface area contributed by atoms with E-state index in [1.807, 2.05) is 0 Å². The van der Waals surface area contributed by atoms with Gasteiger partial charge in [-0.1, -0.05) is 6.07 Å². The monoisotopic (exact) mass is 815 g/mol. The van der Waals surface area contributed by atoms with Crippen LogP contribution in [0.4, 0.5) is 26.0 Å². The average molecular weight is 816 g/mol. The molecule has 9 heterocycles. The molecule has 58 heavy (non-hydrogen) atoms. The fourth-order valence-corrected chi connectivity index (χ4v) is 10.5. The molecule has 3 amide bonds. The number of alkyl halides is 2. The number of thiol groups is 1. The molecule has 306 valence electrons. The number of aromatic nitrogens is 5. The number of nitrogens with one attached hydrogen (secondary N) is 2. The molecule has 10 rings (SSSR count). The number of likely N-dealkylation sites (tertiary alicyclic amines) is 1. The molecule has 0 saturated carbocycles. The van der Waals surface area contributed by atoms with Gasteiger partial charge in [-0.05, 0) is 73.8 Å². The van der Waals surface area contributed by atoms with Crippen LogP contribution in [0.15, 0.2) is 42.9 Å². The molecule has 2 bridgehead atoms. The molecule has 4 aromatic rings. The lowest BCUT2D eigenvalue weighted by Crippen LogP contribution is -2.51. The molecule has 0 radical (unpaired) electrons. The van der Waals surface area contributed by atoms with Crippen molar-refractivity contribution >= 4 is 53.2 Å². The Kier molecular flexibility index (Phi) is 9.85. The van der Waals surface area contributed by atoms with E-state index in [9.17, 15) is 23.2 Å². The van der Waals surface area contributed by atoms with Gasteiger partial charge in [0.15, 0.2) is 17.2 Å². The van der Waals surface area contributed by atoms with E-state index in [1.165, 1.54) is 11.3 Å². The fourth-order valence-electron chi connectivity index (χ4n) is 10.00. The molecule has 4 atom stereocenters. The van der Waals surface area contributed by atoms with Crippen LogP contribution < -0.4 is 20.4 Å². The molecular weight excluding hydrogens is 769 g/mol. The first kappa shape index (κ1) is 37.6. The molecule has 5 saturated heterocycles. The molecule has 2 N–H and O–H groups in total. The van der Waals surface area contributed by atoms with Gasteiger partial charge in [-0.2, -0.15) is 17.7 Å². The van der Waals surface area contributed by atoms with E-state index in [0.29, 0.717) is 49.9 Å². The van der Waals surface area contributed by atoms with Gasteiger partial charge in [0.1, 0.15) is 5.56 Å². The number of imide groups is 1. The molecule has 1 aromatic carbocycles. The van der Waals surface area contributed by atoms with Gasteiger partial charge in [0.2, 0.25) is 11.8 Å². The lowest BCUT2D eigenvalue weighted by atomic mass is 9.94. The number of nitrogens with zero attached hydrogens (tertiary/aromatic N) is 9. The van der Waals surface area contributed by atoms with E-state index in [4.69, 9.17) is 17.4 Å². The quantitative estimate of drug-likeness (QED) is 0.165. The second-order valence-electron chi connectivity index (χ2n) is 16.6. The normalized spacial score (nSPS) is 26.0. The summed E-state index contributed by atoms with van der Waals surface area (Å²) < 4.78 is 37.8. The zero-order valence-electron chi connectivity index (χ0n) is 32.1. The first-order valence-corrected chi connectivity index (χ1v) is 21.0. The first-order valence-electron chi connectivity index (χ1n) is 20.4. The number of anilines is 3. The second kappa shape index (κ2) is 15.2. The molecule has 15 nitrogen and oxygen atoms in total. The number of rotatable bonds is 9. The number of carbonyl (C=O) groups is 3. The zero-order chi connectivity index (χ0) is 39.7. The number of halogens is 2. The highest BCUT2D eigenvalue weighted by molar-refractivity contribution is 7.80. The van der Waals surface area contributed by atoms with Gasteiger partial charge in [-0.15, -0.1) is 5.10 Å². The van der Waals surface area contributed by atoms with Crippen molar-refractivity contribution in [1.82, 2.24) is 39.5 Å². The summed E-state index contributed by atoms with van der Waals surface area (Å²) in [5, 5.41) is 14.1. The summed E-state index contributed by atoms with van der Waals surface area (Å²) in [6.45, 7) is 6.39. The Hall–Kier alpha value is -4.65. The van der Waals surface area contributed by atoms with Crippen LogP contribution in [0, 0.1) is 5.92 Å². The van der Waals surface area contributed by atoms with Gasteiger partial charge in [-0.3, -0.25) is 29.3 Å². The molecule has 3 aromatic heterocycles. The van der Waals surface area contributed by atoms with Gasteiger partial charge in [0, 0.05) is 76.5 Å². The van der Waals surface area contributed by atoms with Crippen LogP contribution in [0.25, 0.3) is 5.65 Å². The van der Waals surface area contributed by atoms with Crippen LogP contribution in [0.1, 0.15) is 90.0 Å². The molecular formula is C40H47F2N11O4S. The Labute approximate surface area is 339 Å². The number of benzene rings is 1. The Morgan fingerprint density at radius 2 is 1.88 bits per heavy atom. The predicted octanol–water partition coefficient (Wildman–Crippen LogP) is 4.20. The summed E-state index contributed by atoms with van der Waals surface area (Å²) in [6.07, 6.45) is 7.49. The number of fused-ring (bicyclic) bond motifs is 4. The van der Waals surface area contributed by atoms with Gasteiger partial charge < -0.3 is 24.8 Å². The Balaban J connectivity index is 0.741. The number of morpholine rings is 1. The number of hydrogen-bond donors (Lipinski definition) is 3. The average Bonchev–Trinajstić information content (AvgIpc) is 4.07. The van der Waals surface area contributed by atoms with Crippen LogP contribution in [-0.4, -0.2) is 116 Å². The van der Waals surface area contributed by atoms with Gasteiger partial charge in [0.05, 0.1) is 41.9 Å². The first-order chi connectivity index (χ1) is 28.2. The van der Waals surface area contributed by atoms with Gasteiger partial charge in [0.25, 0.3) is 12.3 Å². The minimum atomic E-state index is -2.86. The standard InChI is InChI=1S/C40H47F2N11O4S/c41-35(42)34-30(44-39(56)33-36-43-10-1-11-52(36)47-37(33)50-20-28-17-27(50)22-57-28)21-53(46-34)25-8-12-48(13-9-25)18-23-6-14-49(15-7-23)26-2-3-29-24(16-26)19-51(40(29)58)31-4-5-32(54)45-38(31)55/h1-3,10-11,16,21,23,25,27-28,31,35,40,58H,4-9,12-15,17-20,22H2,(H,44,56)(H,45,54,55)/t27-,28-,31?,40?/m1/s1. The van der Waals surface area contributed by atoms with Crippen molar-refractivity contribution in [2.24, 2.45) is 5.92 Å². The number of hydrogen-bond acceptors (Lipinski definition) is 12. The molecule has 2 unspecified atom stereocenters. The summed E-state index contributed by atoms with van der Waals surface area (Å²) in [7, 11) is 0. The summed E-state index contributed by atoms with van der Waals surface area (Å²) in [4.78, 5) is 51.7. The molecule has 0 spiro atoms. The van der Waals surface area contributed by atoms with E-state index >= 15 is 0 Å². The maximum Gasteiger partial charge on any atom is 0.284 e.